The molecule has 1 heterocycles. The summed E-state index contributed by atoms with van der Waals surface area (Å²) >= 11 is 0.486. The summed E-state index contributed by atoms with van der Waals surface area (Å²) in [4.78, 5) is 3.53. The molecule has 16 heavy (non-hydrogen) atoms. The zero-order chi connectivity index (χ0) is 12.3. The number of nitrogens with two attached hydrogens (primary N) is 1. The number of ether oxygens (including phenoxy) is 2. The molecule has 0 spiro atoms. The van der Waals surface area contributed by atoms with E-state index in [0.717, 1.165) is 6.20 Å². The predicted octanol–water partition coefficient (Wildman–Crippen LogP) is 1.78. The summed E-state index contributed by atoms with van der Waals surface area (Å²) in [7, 11) is 2.72. The fraction of sp³-hybridized carbons (Fsp3) is 0.625. The van der Waals surface area contributed by atoms with Crippen LogP contribution in [0.3, 0.4) is 0 Å². The van der Waals surface area contributed by atoms with Crippen LogP contribution in [0.4, 0.5) is 13.2 Å². The highest BCUT2D eigenvalue weighted by Crippen LogP contribution is 2.34. The monoisotopic (exact) mass is 256 g/mol. The Balaban J connectivity index is 2.85. The van der Waals surface area contributed by atoms with E-state index in [1.165, 1.54) is 14.2 Å². The Morgan fingerprint density at radius 3 is 2.31 bits per heavy atom. The summed E-state index contributed by atoms with van der Waals surface area (Å²) in [5.41, 5.74) is 5.67. The van der Waals surface area contributed by atoms with E-state index in [0.29, 0.717) is 11.3 Å². The Kier molecular flexibility index (Phi) is 4.25. The Bertz CT molecular complexity index is 338. The highest BCUT2D eigenvalue weighted by atomic mass is 32.1. The Labute approximate surface area is 94.2 Å². The highest BCUT2D eigenvalue weighted by molar-refractivity contribution is 7.11. The number of nitrogens with zero attached hydrogens (tertiary/aromatic N) is 1. The van der Waals surface area contributed by atoms with Gasteiger partial charge in [-0.3, -0.25) is 0 Å². The zero-order valence-electron chi connectivity index (χ0n) is 8.62. The third kappa shape index (κ3) is 2.91. The fourth-order valence-electron chi connectivity index (χ4n) is 1.10. The summed E-state index contributed by atoms with van der Waals surface area (Å²) in [5.74, 6) is 0. The molecule has 2 N–H and O–H groups in total. The minimum Gasteiger partial charge on any atom is -0.354 e. The van der Waals surface area contributed by atoms with Crippen LogP contribution < -0.4 is 5.73 Å². The molecule has 0 aromatic carbocycles. The van der Waals surface area contributed by atoms with Crippen molar-refractivity contribution in [2.45, 2.75) is 18.5 Å². The van der Waals surface area contributed by atoms with Crippen LogP contribution in [0, 0.1) is 0 Å². The van der Waals surface area contributed by atoms with E-state index in [2.05, 4.69) is 4.98 Å². The van der Waals surface area contributed by atoms with E-state index >= 15 is 0 Å². The van der Waals surface area contributed by atoms with Gasteiger partial charge in [-0.25, -0.2) is 4.98 Å². The van der Waals surface area contributed by atoms with Gasteiger partial charge in [-0.05, 0) is 0 Å². The van der Waals surface area contributed by atoms with E-state index < -0.39 is 23.5 Å². The molecule has 0 fully saturated rings. The topological polar surface area (TPSA) is 57.4 Å². The third-order valence-electron chi connectivity index (χ3n) is 1.85. The molecule has 1 atom stereocenters. The molecule has 0 saturated carbocycles. The molecule has 0 aliphatic rings. The van der Waals surface area contributed by atoms with Crippen molar-refractivity contribution in [2.75, 3.05) is 14.2 Å². The van der Waals surface area contributed by atoms with Gasteiger partial charge < -0.3 is 15.2 Å². The molecule has 0 radical (unpaired) electrons. The molecule has 8 heteroatoms. The van der Waals surface area contributed by atoms with E-state index in [1.54, 1.807) is 0 Å². The van der Waals surface area contributed by atoms with Gasteiger partial charge in [0.15, 0.2) is 11.3 Å². The van der Waals surface area contributed by atoms with Crippen LogP contribution in [0.2, 0.25) is 0 Å². The maximum atomic E-state index is 12.3. The molecule has 1 aromatic rings. The maximum Gasteiger partial charge on any atom is 0.443 e. The standard InChI is InChI=1S/C8H11F3N2O2S/c1-14-6(15-2)5(12)4-3-13-7(16-4)8(9,10)11/h3,5-6H,12H2,1-2H3. The minimum atomic E-state index is -4.45. The van der Waals surface area contributed by atoms with Crippen molar-refractivity contribution in [1.82, 2.24) is 4.98 Å². The third-order valence-corrected chi connectivity index (χ3v) is 3.00. The first-order valence-electron chi connectivity index (χ1n) is 4.24. The number of hydrogen-bond acceptors (Lipinski definition) is 5. The SMILES string of the molecule is COC(OC)C(N)c1cnc(C(F)(F)F)s1. The predicted molar refractivity (Wildman–Crippen MR) is 51.9 cm³/mol. The molecule has 0 aliphatic heterocycles. The molecule has 92 valence electrons. The van der Waals surface area contributed by atoms with Crippen LogP contribution in [0.1, 0.15) is 15.9 Å². The van der Waals surface area contributed by atoms with Crippen LogP contribution in [0.5, 0.6) is 0 Å². The van der Waals surface area contributed by atoms with Crippen molar-refractivity contribution in [3.8, 4) is 0 Å². The highest BCUT2D eigenvalue weighted by Gasteiger charge is 2.35. The van der Waals surface area contributed by atoms with Crippen LogP contribution in [-0.4, -0.2) is 25.5 Å². The summed E-state index contributed by atoms with van der Waals surface area (Å²) in [6, 6.07) is -0.788. The lowest BCUT2D eigenvalue weighted by atomic mass is 10.3. The van der Waals surface area contributed by atoms with Crippen molar-refractivity contribution in [2.24, 2.45) is 5.73 Å². The number of halogens is 3. The molecule has 0 saturated heterocycles. The number of aromatic nitrogens is 1. The molecule has 1 rings (SSSR count). The zero-order valence-corrected chi connectivity index (χ0v) is 9.43. The molecule has 0 amide bonds. The van der Waals surface area contributed by atoms with Gasteiger partial charge in [0.1, 0.15) is 0 Å². The van der Waals surface area contributed by atoms with Gasteiger partial charge in [0.2, 0.25) is 0 Å². The summed E-state index contributed by atoms with van der Waals surface area (Å²) in [6.07, 6.45) is -4.15. The molecule has 1 unspecified atom stereocenters. The minimum absolute atomic E-state index is 0.265. The lowest BCUT2D eigenvalue weighted by Crippen LogP contribution is -2.28. The average Bonchev–Trinajstić information content (AvgIpc) is 2.67. The van der Waals surface area contributed by atoms with Crippen LogP contribution in [0.15, 0.2) is 6.20 Å². The first-order valence-corrected chi connectivity index (χ1v) is 5.06. The van der Waals surface area contributed by atoms with Gasteiger partial charge in [-0.15, -0.1) is 11.3 Å². The van der Waals surface area contributed by atoms with E-state index in [1.807, 2.05) is 0 Å². The van der Waals surface area contributed by atoms with Crippen molar-refractivity contribution in [3.05, 3.63) is 16.1 Å². The normalized spacial score (nSPS) is 14.4. The molecule has 1 aromatic heterocycles. The molecule has 0 aliphatic carbocycles. The number of methoxy groups -OCH3 is 2. The second-order valence-electron chi connectivity index (χ2n) is 2.93. The maximum absolute atomic E-state index is 12.3. The Morgan fingerprint density at radius 2 is 1.94 bits per heavy atom. The van der Waals surface area contributed by atoms with Crippen LogP contribution in [0.25, 0.3) is 0 Å². The van der Waals surface area contributed by atoms with Gasteiger partial charge in [-0.2, -0.15) is 13.2 Å². The Hall–Kier alpha value is -0.700. The second-order valence-corrected chi connectivity index (χ2v) is 3.99. The van der Waals surface area contributed by atoms with Gasteiger partial charge in [-0.1, -0.05) is 0 Å². The molecular weight excluding hydrogens is 245 g/mol. The van der Waals surface area contributed by atoms with Gasteiger partial charge in [0.05, 0.1) is 6.04 Å². The molecule has 4 nitrogen and oxygen atoms in total. The molecular formula is C8H11F3N2O2S. The second kappa shape index (κ2) is 5.09. The summed E-state index contributed by atoms with van der Waals surface area (Å²) in [6.45, 7) is 0. The number of thiazole rings is 1. The van der Waals surface area contributed by atoms with Crippen molar-refractivity contribution in [3.63, 3.8) is 0 Å². The first kappa shape index (κ1) is 13.4. The van der Waals surface area contributed by atoms with E-state index in [4.69, 9.17) is 15.2 Å². The number of alkyl halides is 3. The van der Waals surface area contributed by atoms with E-state index in [-0.39, 0.29) is 4.88 Å². The van der Waals surface area contributed by atoms with Crippen molar-refractivity contribution >= 4 is 11.3 Å². The van der Waals surface area contributed by atoms with Crippen molar-refractivity contribution in [1.29, 1.82) is 0 Å². The van der Waals surface area contributed by atoms with Crippen LogP contribution >= 0.6 is 11.3 Å². The smallest absolute Gasteiger partial charge is 0.354 e. The average molecular weight is 256 g/mol. The lowest BCUT2D eigenvalue weighted by molar-refractivity contribution is -0.137. The quantitative estimate of drug-likeness (QED) is 0.834. The number of hydrogen-bond donors (Lipinski definition) is 1. The first-order chi connectivity index (χ1) is 7.40. The molecule has 0 bridgehead atoms. The summed E-state index contributed by atoms with van der Waals surface area (Å²) < 4.78 is 46.5. The number of rotatable bonds is 4. The van der Waals surface area contributed by atoms with E-state index in [9.17, 15) is 13.2 Å². The largest absolute Gasteiger partial charge is 0.443 e. The van der Waals surface area contributed by atoms with Gasteiger partial charge >= 0.3 is 6.18 Å². The van der Waals surface area contributed by atoms with Gasteiger partial charge in [0.25, 0.3) is 0 Å². The lowest BCUT2D eigenvalue weighted by Gasteiger charge is -2.19. The van der Waals surface area contributed by atoms with Crippen LogP contribution in [-0.2, 0) is 15.7 Å². The van der Waals surface area contributed by atoms with Crippen molar-refractivity contribution < 1.29 is 22.6 Å². The summed E-state index contributed by atoms with van der Waals surface area (Å²) in [5, 5.41) is -0.927. The Morgan fingerprint density at radius 1 is 1.38 bits per heavy atom. The van der Waals surface area contributed by atoms with Gasteiger partial charge in [0, 0.05) is 25.3 Å². The fourth-order valence-corrected chi connectivity index (χ4v) is 1.89.